The Morgan fingerprint density at radius 3 is 2.82 bits per heavy atom. The van der Waals surface area contributed by atoms with Gasteiger partial charge in [0.1, 0.15) is 0 Å². The molecule has 1 aliphatic carbocycles. The Kier molecular flexibility index (Phi) is 4.60. The van der Waals surface area contributed by atoms with E-state index in [1.54, 1.807) is 0 Å². The Bertz CT molecular complexity index is 671. The molecule has 1 aromatic heterocycles. The molecule has 5 heteroatoms. The summed E-state index contributed by atoms with van der Waals surface area (Å²) in [6, 6.07) is 12.4. The van der Waals surface area contributed by atoms with E-state index in [4.69, 9.17) is 23.8 Å². The number of pyridine rings is 1. The Morgan fingerprint density at radius 2 is 2.18 bits per heavy atom. The maximum Gasteiger partial charge on any atom is 0.174 e. The van der Waals surface area contributed by atoms with E-state index in [0.717, 1.165) is 23.5 Å². The van der Waals surface area contributed by atoms with Crippen molar-refractivity contribution in [2.45, 2.75) is 32.4 Å². The second-order valence-corrected chi connectivity index (χ2v) is 6.39. The first-order valence-electron chi connectivity index (χ1n) is 7.37. The van der Waals surface area contributed by atoms with Gasteiger partial charge in [-0.05, 0) is 61.8 Å². The largest absolute Gasteiger partial charge is 0.340 e. The molecule has 1 saturated carbocycles. The van der Waals surface area contributed by atoms with E-state index in [0.29, 0.717) is 16.2 Å². The fourth-order valence-corrected chi connectivity index (χ4v) is 2.93. The lowest BCUT2D eigenvalue weighted by Crippen LogP contribution is -2.36. The lowest BCUT2D eigenvalue weighted by atomic mass is 10.2. The van der Waals surface area contributed by atoms with E-state index in [2.05, 4.69) is 15.2 Å². The Labute approximate surface area is 141 Å². The van der Waals surface area contributed by atoms with Gasteiger partial charge in [-0.15, -0.1) is 0 Å². The van der Waals surface area contributed by atoms with Gasteiger partial charge in [0.05, 0.1) is 22.9 Å². The van der Waals surface area contributed by atoms with Crippen LogP contribution >= 0.6 is 23.8 Å². The monoisotopic (exact) mass is 331 g/mol. The Hall–Kier alpha value is -1.65. The highest BCUT2D eigenvalue weighted by Gasteiger charge is 2.31. The number of benzene rings is 1. The number of thiocarbonyl (C=S) groups is 1. The quantitative estimate of drug-likeness (QED) is 0.840. The van der Waals surface area contributed by atoms with E-state index >= 15 is 0 Å². The summed E-state index contributed by atoms with van der Waals surface area (Å²) in [7, 11) is 0. The molecular formula is C17H18ClN3S. The van der Waals surface area contributed by atoms with Gasteiger partial charge in [-0.1, -0.05) is 23.7 Å². The molecule has 1 aliphatic rings. The molecular weight excluding hydrogens is 314 g/mol. The van der Waals surface area contributed by atoms with Crippen molar-refractivity contribution in [1.82, 2.24) is 9.88 Å². The van der Waals surface area contributed by atoms with E-state index < -0.39 is 0 Å². The fourth-order valence-electron chi connectivity index (χ4n) is 2.33. The van der Waals surface area contributed by atoms with E-state index in [9.17, 15) is 0 Å². The molecule has 1 fully saturated rings. The number of hydrogen-bond acceptors (Lipinski definition) is 2. The third-order valence-corrected chi connectivity index (χ3v) is 4.32. The molecule has 0 saturated heterocycles. The van der Waals surface area contributed by atoms with Crippen molar-refractivity contribution in [3.63, 3.8) is 0 Å². The Balaban J connectivity index is 1.73. The highest BCUT2D eigenvalue weighted by Crippen LogP contribution is 2.30. The number of aryl methyl sites for hydroxylation is 1. The van der Waals surface area contributed by atoms with Crippen LogP contribution in [0.5, 0.6) is 0 Å². The van der Waals surface area contributed by atoms with Gasteiger partial charge in [-0.2, -0.15) is 0 Å². The average molecular weight is 332 g/mol. The van der Waals surface area contributed by atoms with Crippen LogP contribution in [0.2, 0.25) is 5.02 Å². The van der Waals surface area contributed by atoms with Crippen LogP contribution in [-0.4, -0.2) is 21.0 Å². The Morgan fingerprint density at radius 1 is 1.36 bits per heavy atom. The van der Waals surface area contributed by atoms with Gasteiger partial charge in [0.25, 0.3) is 0 Å². The van der Waals surface area contributed by atoms with Gasteiger partial charge in [-0.25, -0.2) is 0 Å². The van der Waals surface area contributed by atoms with Crippen molar-refractivity contribution in [2.75, 3.05) is 5.32 Å². The number of rotatable bonds is 4. The van der Waals surface area contributed by atoms with Crippen molar-refractivity contribution in [2.24, 2.45) is 0 Å². The number of anilines is 1. The van der Waals surface area contributed by atoms with E-state index in [-0.39, 0.29) is 0 Å². The molecule has 2 aromatic rings. The molecule has 22 heavy (non-hydrogen) atoms. The van der Waals surface area contributed by atoms with Crippen LogP contribution in [0.25, 0.3) is 0 Å². The highest BCUT2D eigenvalue weighted by atomic mass is 35.5. The van der Waals surface area contributed by atoms with Crippen LogP contribution in [0, 0.1) is 6.92 Å². The van der Waals surface area contributed by atoms with Crippen molar-refractivity contribution >= 4 is 34.6 Å². The zero-order valence-electron chi connectivity index (χ0n) is 12.4. The average Bonchev–Trinajstić information content (AvgIpc) is 3.33. The summed E-state index contributed by atoms with van der Waals surface area (Å²) in [6.07, 6.45) is 4.17. The minimum Gasteiger partial charge on any atom is -0.340 e. The van der Waals surface area contributed by atoms with Gasteiger partial charge < -0.3 is 10.2 Å². The third-order valence-electron chi connectivity index (χ3n) is 3.67. The first-order valence-corrected chi connectivity index (χ1v) is 8.16. The van der Waals surface area contributed by atoms with Crippen LogP contribution < -0.4 is 5.32 Å². The molecule has 0 radical (unpaired) electrons. The van der Waals surface area contributed by atoms with Crippen molar-refractivity contribution in [3.8, 4) is 0 Å². The van der Waals surface area contributed by atoms with Crippen molar-refractivity contribution < 1.29 is 0 Å². The van der Waals surface area contributed by atoms with Crippen LogP contribution in [-0.2, 0) is 6.54 Å². The van der Waals surface area contributed by atoms with E-state index in [1.165, 1.54) is 12.8 Å². The van der Waals surface area contributed by atoms with Gasteiger partial charge >= 0.3 is 0 Å². The first-order chi connectivity index (χ1) is 10.6. The van der Waals surface area contributed by atoms with Gasteiger partial charge in [0.15, 0.2) is 5.11 Å². The topological polar surface area (TPSA) is 28.2 Å². The number of halogens is 1. The van der Waals surface area contributed by atoms with Gasteiger partial charge in [0, 0.05) is 12.2 Å². The molecule has 0 amide bonds. The molecule has 114 valence electrons. The lowest BCUT2D eigenvalue weighted by Gasteiger charge is -2.25. The van der Waals surface area contributed by atoms with Crippen LogP contribution in [0.4, 0.5) is 5.69 Å². The summed E-state index contributed by atoms with van der Waals surface area (Å²) >= 11 is 11.9. The minimum absolute atomic E-state index is 0.506. The predicted octanol–water partition coefficient (Wildman–Crippen LogP) is 4.40. The summed E-state index contributed by atoms with van der Waals surface area (Å²) in [5, 5.41) is 4.67. The van der Waals surface area contributed by atoms with E-state index in [1.807, 2.05) is 49.5 Å². The molecule has 1 heterocycles. The smallest absolute Gasteiger partial charge is 0.174 e. The molecule has 3 nitrogen and oxygen atoms in total. The maximum absolute atomic E-state index is 6.28. The zero-order chi connectivity index (χ0) is 15.5. The highest BCUT2D eigenvalue weighted by molar-refractivity contribution is 7.80. The van der Waals surface area contributed by atoms with Crippen LogP contribution in [0.15, 0.2) is 42.6 Å². The maximum atomic E-state index is 6.28. The van der Waals surface area contributed by atoms with Gasteiger partial charge in [0.2, 0.25) is 0 Å². The third kappa shape index (κ3) is 3.76. The predicted molar refractivity (Wildman–Crippen MR) is 95.2 cm³/mol. The second kappa shape index (κ2) is 6.63. The number of aromatic nitrogens is 1. The molecule has 0 spiro atoms. The fraction of sp³-hybridized carbons (Fsp3) is 0.294. The first kappa shape index (κ1) is 15.3. The minimum atomic E-state index is 0.506. The SMILES string of the molecule is Cc1ccc(NC(=S)N(Cc2ccccn2)C2CC2)c(Cl)c1. The number of nitrogens with zero attached hydrogens (tertiary/aromatic N) is 2. The molecule has 0 atom stereocenters. The standard InChI is InChI=1S/C17H18ClN3S/c1-12-5-8-16(15(18)10-12)20-17(22)21(14-6-7-14)11-13-4-2-3-9-19-13/h2-5,8-10,14H,6-7,11H2,1H3,(H,20,22). The lowest BCUT2D eigenvalue weighted by molar-refractivity contribution is 0.404. The zero-order valence-corrected chi connectivity index (χ0v) is 14.0. The summed E-state index contributed by atoms with van der Waals surface area (Å²) in [5.74, 6) is 0. The number of nitrogens with one attached hydrogen (secondary N) is 1. The summed E-state index contributed by atoms with van der Waals surface area (Å²) < 4.78 is 0. The molecule has 0 unspecified atom stereocenters. The van der Waals surface area contributed by atoms with Crippen LogP contribution in [0.1, 0.15) is 24.1 Å². The van der Waals surface area contributed by atoms with Crippen LogP contribution in [0.3, 0.4) is 0 Å². The summed E-state index contributed by atoms with van der Waals surface area (Å²) in [6.45, 7) is 2.74. The van der Waals surface area contributed by atoms with Gasteiger partial charge in [-0.3, -0.25) is 4.98 Å². The van der Waals surface area contributed by atoms with Crippen molar-refractivity contribution in [3.05, 3.63) is 58.9 Å². The molecule has 1 N–H and O–H groups in total. The molecule has 3 rings (SSSR count). The molecule has 0 aliphatic heterocycles. The summed E-state index contributed by atoms with van der Waals surface area (Å²) in [5.41, 5.74) is 3.01. The molecule has 1 aromatic carbocycles. The van der Waals surface area contributed by atoms with Crippen molar-refractivity contribution in [1.29, 1.82) is 0 Å². The summed E-state index contributed by atoms with van der Waals surface area (Å²) in [4.78, 5) is 6.59. The molecule has 0 bridgehead atoms. The normalized spacial score (nSPS) is 13.7. The second-order valence-electron chi connectivity index (χ2n) is 5.59. The number of hydrogen-bond donors (Lipinski definition) is 1.